The molecule has 6 heteroatoms. The summed E-state index contributed by atoms with van der Waals surface area (Å²) in [5.74, 6) is -0.0790. The van der Waals surface area contributed by atoms with Crippen LogP contribution in [0.5, 0.6) is 0 Å². The lowest BCUT2D eigenvalue weighted by Crippen LogP contribution is -2.26. The second-order valence-corrected chi connectivity index (χ2v) is 7.86. The molecule has 4 nitrogen and oxygen atoms in total. The van der Waals surface area contributed by atoms with Gasteiger partial charge in [-0.15, -0.1) is 0 Å². The summed E-state index contributed by atoms with van der Waals surface area (Å²) in [4.78, 5) is 0.0185. The molecule has 1 aromatic carbocycles. The predicted octanol–water partition coefficient (Wildman–Crippen LogP) is 2.65. The summed E-state index contributed by atoms with van der Waals surface area (Å²) in [5.41, 5.74) is 5.66. The minimum Gasteiger partial charge on any atom is -0.398 e. The number of anilines is 1. The second-order valence-electron chi connectivity index (χ2n) is 5.48. The molecule has 1 aromatic rings. The molecular weight excluding hydrogens is 286 g/mol. The normalized spacial score (nSPS) is 22.6. The quantitative estimate of drug-likeness (QED) is 0.872. The minimum absolute atomic E-state index is 0.0185. The molecule has 1 fully saturated rings. The van der Waals surface area contributed by atoms with Crippen LogP contribution in [0.4, 0.5) is 5.69 Å². The number of halogens is 1. The summed E-state index contributed by atoms with van der Waals surface area (Å²) in [7, 11) is -3.54. The van der Waals surface area contributed by atoms with Crippen molar-refractivity contribution in [1.82, 2.24) is 0 Å². The predicted molar refractivity (Wildman–Crippen MR) is 76.1 cm³/mol. The van der Waals surface area contributed by atoms with E-state index in [4.69, 9.17) is 22.1 Å². The van der Waals surface area contributed by atoms with Gasteiger partial charge in [0.2, 0.25) is 0 Å². The van der Waals surface area contributed by atoms with Gasteiger partial charge >= 0.3 is 0 Å². The molecule has 1 saturated heterocycles. The highest BCUT2D eigenvalue weighted by molar-refractivity contribution is 7.91. The van der Waals surface area contributed by atoms with E-state index in [2.05, 4.69) is 0 Å². The number of benzene rings is 1. The van der Waals surface area contributed by atoms with Crippen molar-refractivity contribution in [2.24, 2.45) is 0 Å². The van der Waals surface area contributed by atoms with E-state index >= 15 is 0 Å². The van der Waals surface area contributed by atoms with Gasteiger partial charge in [0.15, 0.2) is 9.84 Å². The van der Waals surface area contributed by atoms with Gasteiger partial charge in [0.25, 0.3) is 0 Å². The monoisotopic (exact) mass is 303 g/mol. The van der Waals surface area contributed by atoms with Crippen molar-refractivity contribution in [2.45, 2.75) is 43.3 Å². The maximum Gasteiger partial charge on any atom is 0.184 e. The van der Waals surface area contributed by atoms with Crippen LogP contribution in [0, 0.1) is 0 Å². The van der Waals surface area contributed by atoms with E-state index in [-0.39, 0.29) is 33.1 Å². The Labute approximate surface area is 118 Å². The van der Waals surface area contributed by atoms with Gasteiger partial charge in [-0.2, -0.15) is 0 Å². The molecule has 0 aliphatic carbocycles. The third-order valence-electron chi connectivity index (χ3n) is 3.27. The molecule has 1 aliphatic rings. The van der Waals surface area contributed by atoms with Gasteiger partial charge in [-0.25, -0.2) is 8.42 Å². The van der Waals surface area contributed by atoms with Gasteiger partial charge in [0, 0.05) is 0 Å². The Morgan fingerprint density at radius 2 is 2.16 bits per heavy atom. The summed E-state index contributed by atoms with van der Waals surface area (Å²) in [6.45, 7) is 3.92. The molecular formula is C13H18ClNO3S. The molecule has 1 atom stereocenters. The van der Waals surface area contributed by atoms with Crippen LogP contribution in [0.25, 0.3) is 0 Å². The fourth-order valence-corrected chi connectivity index (χ4v) is 4.59. The lowest BCUT2D eigenvalue weighted by atomic mass is 10.1. The second kappa shape index (κ2) is 4.96. The smallest absolute Gasteiger partial charge is 0.184 e. The molecule has 1 unspecified atom stereocenters. The maximum atomic E-state index is 12.4. The molecule has 1 aliphatic heterocycles. The van der Waals surface area contributed by atoms with Gasteiger partial charge in [-0.05, 0) is 38.8 Å². The number of ether oxygens (including phenoxy) is 1. The Morgan fingerprint density at radius 3 is 2.68 bits per heavy atom. The first-order valence-electron chi connectivity index (χ1n) is 6.16. The van der Waals surface area contributed by atoms with Gasteiger partial charge in [0.1, 0.15) is 4.90 Å². The zero-order valence-corrected chi connectivity index (χ0v) is 12.6. The molecule has 0 radical (unpaired) electrons. The third kappa shape index (κ3) is 3.22. The molecule has 0 spiro atoms. The average molecular weight is 304 g/mol. The number of nitrogens with two attached hydrogens (primary N) is 1. The molecule has 0 amide bonds. The number of nitrogen functional groups attached to an aromatic ring is 1. The first kappa shape index (κ1) is 14.6. The average Bonchev–Trinajstić information content (AvgIpc) is 2.56. The molecule has 19 heavy (non-hydrogen) atoms. The van der Waals surface area contributed by atoms with Crippen LogP contribution in [-0.4, -0.2) is 25.9 Å². The summed E-state index contributed by atoms with van der Waals surface area (Å²) in [6, 6.07) is 4.70. The Balaban J connectivity index is 2.25. The van der Waals surface area contributed by atoms with E-state index in [1.807, 2.05) is 13.8 Å². The number of rotatable bonds is 3. The summed E-state index contributed by atoms with van der Waals surface area (Å²) < 4.78 is 30.5. The fourth-order valence-electron chi connectivity index (χ4n) is 2.38. The summed E-state index contributed by atoms with van der Waals surface area (Å²) in [5, 5.41) is 0.164. The number of hydrogen-bond acceptors (Lipinski definition) is 4. The molecule has 0 bridgehead atoms. The Morgan fingerprint density at radius 1 is 1.47 bits per heavy atom. The van der Waals surface area contributed by atoms with E-state index < -0.39 is 9.84 Å². The molecule has 106 valence electrons. The van der Waals surface area contributed by atoms with Crippen LogP contribution in [0.3, 0.4) is 0 Å². The van der Waals surface area contributed by atoms with Crippen molar-refractivity contribution in [3.05, 3.63) is 23.2 Å². The van der Waals surface area contributed by atoms with Crippen LogP contribution in [-0.2, 0) is 14.6 Å². The van der Waals surface area contributed by atoms with Crippen molar-refractivity contribution < 1.29 is 13.2 Å². The van der Waals surface area contributed by atoms with Gasteiger partial charge in [-0.3, -0.25) is 0 Å². The van der Waals surface area contributed by atoms with Crippen molar-refractivity contribution >= 4 is 27.1 Å². The Hall–Kier alpha value is -0.780. The minimum atomic E-state index is -3.54. The van der Waals surface area contributed by atoms with Gasteiger partial charge in [0.05, 0.1) is 28.2 Å². The van der Waals surface area contributed by atoms with Crippen molar-refractivity contribution in [1.29, 1.82) is 0 Å². The number of sulfone groups is 1. The summed E-state index contributed by atoms with van der Waals surface area (Å²) in [6.07, 6.45) is 1.29. The summed E-state index contributed by atoms with van der Waals surface area (Å²) >= 11 is 5.96. The Kier molecular flexibility index (Phi) is 3.82. The standard InChI is InChI=1S/C13H18ClNO3S/c1-13(2)7-6-9(18-13)8-19(16,17)12-10(14)4-3-5-11(12)15/h3-5,9H,6-8,15H2,1-2H3. The van der Waals surface area contributed by atoms with E-state index in [0.29, 0.717) is 0 Å². The van der Waals surface area contributed by atoms with Gasteiger partial charge < -0.3 is 10.5 Å². The lowest BCUT2D eigenvalue weighted by Gasteiger charge is -2.19. The van der Waals surface area contributed by atoms with Crippen LogP contribution in [0.1, 0.15) is 26.7 Å². The van der Waals surface area contributed by atoms with E-state index in [0.717, 1.165) is 12.8 Å². The van der Waals surface area contributed by atoms with Crippen LogP contribution in [0.15, 0.2) is 23.1 Å². The number of hydrogen-bond donors (Lipinski definition) is 1. The molecule has 0 saturated carbocycles. The highest BCUT2D eigenvalue weighted by Crippen LogP contribution is 2.33. The first-order valence-corrected chi connectivity index (χ1v) is 8.19. The molecule has 2 rings (SSSR count). The highest BCUT2D eigenvalue weighted by atomic mass is 35.5. The Bertz CT molecular complexity index is 563. The van der Waals surface area contributed by atoms with Crippen LogP contribution >= 0.6 is 11.6 Å². The van der Waals surface area contributed by atoms with Crippen LogP contribution in [0.2, 0.25) is 5.02 Å². The highest BCUT2D eigenvalue weighted by Gasteiger charge is 2.35. The zero-order valence-electron chi connectivity index (χ0n) is 11.0. The molecule has 0 aromatic heterocycles. The maximum absolute atomic E-state index is 12.4. The third-order valence-corrected chi connectivity index (χ3v) is 5.58. The molecule has 2 N–H and O–H groups in total. The molecule has 1 heterocycles. The van der Waals surface area contributed by atoms with Crippen molar-refractivity contribution in [3.63, 3.8) is 0 Å². The SMILES string of the molecule is CC1(C)CCC(CS(=O)(=O)c2c(N)cccc2Cl)O1. The van der Waals surface area contributed by atoms with Crippen molar-refractivity contribution in [2.75, 3.05) is 11.5 Å². The zero-order chi connectivity index (χ0) is 14.3. The van der Waals surface area contributed by atoms with Crippen LogP contribution < -0.4 is 5.73 Å². The largest absolute Gasteiger partial charge is 0.398 e. The fraction of sp³-hybridized carbons (Fsp3) is 0.538. The first-order chi connectivity index (χ1) is 8.71. The van der Waals surface area contributed by atoms with Crippen molar-refractivity contribution in [3.8, 4) is 0 Å². The lowest BCUT2D eigenvalue weighted by molar-refractivity contribution is -0.00527. The topological polar surface area (TPSA) is 69.4 Å². The van der Waals surface area contributed by atoms with E-state index in [9.17, 15) is 8.42 Å². The van der Waals surface area contributed by atoms with E-state index in [1.54, 1.807) is 6.07 Å². The van der Waals surface area contributed by atoms with E-state index in [1.165, 1.54) is 12.1 Å². The van der Waals surface area contributed by atoms with Gasteiger partial charge in [-0.1, -0.05) is 17.7 Å².